The van der Waals surface area contributed by atoms with Crippen molar-refractivity contribution in [2.24, 2.45) is 0 Å². The van der Waals surface area contributed by atoms with Crippen LogP contribution in [0, 0.1) is 0 Å². The van der Waals surface area contributed by atoms with Crippen molar-refractivity contribution in [2.45, 2.75) is 13.5 Å². The number of rotatable bonds is 6. The second-order valence-electron chi connectivity index (χ2n) is 4.86. The average Bonchev–Trinajstić information content (AvgIpc) is 2.44. The molecule has 20 heavy (non-hydrogen) atoms. The van der Waals surface area contributed by atoms with E-state index in [9.17, 15) is 9.59 Å². The zero-order chi connectivity index (χ0) is 15.0. The molecule has 1 aromatic carbocycles. The SMILES string of the molecule is CCN(Cc1ccccc1)C(=O)C(=O)NCCN(C)C. The van der Waals surface area contributed by atoms with Crippen LogP contribution in [0.1, 0.15) is 12.5 Å². The highest BCUT2D eigenvalue weighted by Crippen LogP contribution is 2.04. The first-order valence-electron chi connectivity index (χ1n) is 6.80. The predicted octanol–water partition coefficient (Wildman–Crippen LogP) is 0.713. The van der Waals surface area contributed by atoms with Crippen molar-refractivity contribution >= 4 is 11.8 Å². The smallest absolute Gasteiger partial charge is 0.312 e. The van der Waals surface area contributed by atoms with Crippen LogP contribution in [0.3, 0.4) is 0 Å². The van der Waals surface area contributed by atoms with Crippen LogP contribution in [0.2, 0.25) is 0 Å². The number of carbonyl (C=O) groups is 2. The van der Waals surface area contributed by atoms with Gasteiger partial charge in [0.2, 0.25) is 0 Å². The molecule has 0 aliphatic heterocycles. The molecule has 1 aromatic rings. The summed E-state index contributed by atoms with van der Waals surface area (Å²) in [5.74, 6) is -1.01. The van der Waals surface area contributed by atoms with Gasteiger partial charge in [-0.3, -0.25) is 9.59 Å². The highest BCUT2D eigenvalue weighted by atomic mass is 16.2. The molecule has 1 rings (SSSR count). The summed E-state index contributed by atoms with van der Waals surface area (Å²) < 4.78 is 0. The normalized spacial score (nSPS) is 10.4. The van der Waals surface area contributed by atoms with Gasteiger partial charge >= 0.3 is 11.8 Å². The van der Waals surface area contributed by atoms with Crippen LogP contribution >= 0.6 is 0 Å². The fourth-order valence-corrected chi connectivity index (χ4v) is 1.74. The molecule has 0 aromatic heterocycles. The number of amides is 2. The van der Waals surface area contributed by atoms with Gasteiger partial charge in [-0.1, -0.05) is 30.3 Å². The molecule has 2 amide bonds. The molecule has 0 heterocycles. The molecule has 1 N–H and O–H groups in total. The summed E-state index contributed by atoms with van der Waals surface area (Å²) >= 11 is 0. The van der Waals surface area contributed by atoms with Gasteiger partial charge in [0.05, 0.1) is 0 Å². The minimum Gasteiger partial charge on any atom is -0.347 e. The lowest BCUT2D eigenvalue weighted by Gasteiger charge is -2.20. The summed E-state index contributed by atoms with van der Waals surface area (Å²) in [5.41, 5.74) is 1.02. The Labute approximate surface area is 120 Å². The first-order chi connectivity index (χ1) is 9.54. The topological polar surface area (TPSA) is 52.7 Å². The van der Waals surface area contributed by atoms with Gasteiger partial charge in [0.1, 0.15) is 0 Å². The van der Waals surface area contributed by atoms with Crippen molar-refractivity contribution in [1.82, 2.24) is 15.1 Å². The molecular weight excluding hydrogens is 254 g/mol. The lowest BCUT2D eigenvalue weighted by atomic mass is 10.2. The maximum atomic E-state index is 12.1. The van der Waals surface area contributed by atoms with Crippen molar-refractivity contribution in [1.29, 1.82) is 0 Å². The fraction of sp³-hybridized carbons (Fsp3) is 0.467. The number of carbonyl (C=O) groups excluding carboxylic acids is 2. The zero-order valence-electron chi connectivity index (χ0n) is 12.4. The third-order valence-electron chi connectivity index (χ3n) is 2.92. The Bertz CT molecular complexity index is 432. The van der Waals surface area contributed by atoms with E-state index >= 15 is 0 Å². The van der Waals surface area contributed by atoms with E-state index in [-0.39, 0.29) is 0 Å². The Morgan fingerprint density at radius 2 is 1.80 bits per heavy atom. The van der Waals surface area contributed by atoms with Gasteiger partial charge in [-0.25, -0.2) is 0 Å². The average molecular weight is 277 g/mol. The molecular formula is C15H23N3O2. The summed E-state index contributed by atoms with van der Waals surface area (Å²) in [7, 11) is 3.84. The summed E-state index contributed by atoms with van der Waals surface area (Å²) in [4.78, 5) is 27.3. The minimum atomic E-state index is -0.537. The molecule has 0 saturated carbocycles. The first kappa shape index (κ1) is 16.2. The number of hydrogen-bond donors (Lipinski definition) is 1. The van der Waals surface area contributed by atoms with E-state index in [0.717, 1.165) is 5.56 Å². The first-order valence-corrected chi connectivity index (χ1v) is 6.80. The van der Waals surface area contributed by atoms with Crippen molar-refractivity contribution in [3.63, 3.8) is 0 Å². The number of nitrogens with zero attached hydrogens (tertiary/aromatic N) is 2. The second-order valence-corrected chi connectivity index (χ2v) is 4.86. The van der Waals surface area contributed by atoms with Crippen molar-refractivity contribution in [2.75, 3.05) is 33.7 Å². The van der Waals surface area contributed by atoms with Crippen LogP contribution in [0.15, 0.2) is 30.3 Å². The summed E-state index contributed by atoms with van der Waals surface area (Å²) in [5, 5.41) is 2.64. The molecule has 0 fully saturated rings. The Morgan fingerprint density at radius 1 is 1.15 bits per heavy atom. The van der Waals surface area contributed by atoms with Crippen LogP contribution in [0.4, 0.5) is 0 Å². The monoisotopic (exact) mass is 277 g/mol. The molecule has 0 aliphatic carbocycles. The molecule has 0 radical (unpaired) electrons. The molecule has 0 aliphatic rings. The van der Waals surface area contributed by atoms with E-state index < -0.39 is 11.8 Å². The van der Waals surface area contributed by atoms with Gasteiger partial charge in [0, 0.05) is 26.2 Å². The van der Waals surface area contributed by atoms with Crippen molar-refractivity contribution in [3.05, 3.63) is 35.9 Å². The summed E-state index contributed by atoms with van der Waals surface area (Å²) in [6, 6.07) is 9.66. The maximum Gasteiger partial charge on any atom is 0.312 e. The molecule has 0 bridgehead atoms. The molecule has 0 saturated heterocycles. The largest absolute Gasteiger partial charge is 0.347 e. The van der Waals surface area contributed by atoms with Crippen molar-refractivity contribution in [3.8, 4) is 0 Å². The highest BCUT2D eigenvalue weighted by molar-refractivity contribution is 6.34. The molecule has 0 spiro atoms. The van der Waals surface area contributed by atoms with Crippen LogP contribution in [-0.4, -0.2) is 55.3 Å². The Kier molecular flexibility index (Phi) is 6.73. The van der Waals surface area contributed by atoms with E-state index in [1.165, 1.54) is 0 Å². The Balaban J connectivity index is 2.51. The number of nitrogens with one attached hydrogen (secondary N) is 1. The summed E-state index contributed by atoms with van der Waals surface area (Å²) in [6.45, 7) is 4.02. The van der Waals surface area contributed by atoms with Crippen LogP contribution < -0.4 is 5.32 Å². The van der Waals surface area contributed by atoms with Gasteiger partial charge < -0.3 is 15.1 Å². The van der Waals surface area contributed by atoms with Gasteiger partial charge in [-0.15, -0.1) is 0 Å². The lowest BCUT2D eigenvalue weighted by Crippen LogP contribution is -2.44. The second kappa shape index (κ2) is 8.32. The van der Waals surface area contributed by atoms with E-state index in [4.69, 9.17) is 0 Å². The van der Waals surface area contributed by atoms with Gasteiger partial charge in [0.25, 0.3) is 0 Å². The molecule has 110 valence electrons. The lowest BCUT2D eigenvalue weighted by molar-refractivity contribution is -0.146. The quantitative estimate of drug-likeness (QED) is 0.779. The zero-order valence-corrected chi connectivity index (χ0v) is 12.4. The predicted molar refractivity (Wildman–Crippen MR) is 79.1 cm³/mol. The van der Waals surface area contributed by atoms with Crippen LogP contribution in [-0.2, 0) is 16.1 Å². The molecule has 0 unspecified atom stereocenters. The minimum absolute atomic E-state index is 0.456. The van der Waals surface area contributed by atoms with E-state index in [2.05, 4.69) is 5.32 Å². The van der Waals surface area contributed by atoms with E-state index in [1.807, 2.05) is 56.3 Å². The number of benzene rings is 1. The van der Waals surface area contributed by atoms with Gasteiger partial charge in [0.15, 0.2) is 0 Å². The fourth-order valence-electron chi connectivity index (χ4n) is 1.74. The number of hydrogen-bond acceptors (Lipinski definition) is 3. The Morgan fingerprint density at radius 3 is 2.35 bits per heavy atom. The molecule has 5 heteroatoms. The molecule has 0 atom stereocenters. The molecule has 5 nitrogen and oxygen atoms in total. The van der Waals surface area contributed by atoms with Gasteiger partial charge in [-0.05, 0) is 26.6 Å². The maximum absolute atomic E-state index is 12.1. The van der Waals surface area contributed by atoms with Crippen LogP contribution in [0.5, 0.6) is 0 Å². The van der Waals surface area contributed by atoms with Crippen molar-refractivity contribution < 1.29 is 9.59 Å². The highest BCUT2D eigenvalue weighted by Gasteiger charge is 2.20. The third-order valence-corrected chi connectivity index (χ3v) is 2.92. The Hall–Kier alpha value is -1.88. The van der Waals surface area contributed by atoms with E-state index in [1.54, 1.807) is 4.90 Å². The standard InChI is InChI=1S/C15H23N3O2/c1-4-18(12-13-8-6-5-7-9-13)15(20)14(19)16-10-11-17(2)3/h5-9H,4,10-12H2,1-3H3,(H,16,19). The van der Waals surface area contributed by atoms with E-state index in [0.29, 0.717) is 26.2 Å². The summed E-state index contributed by atoms with van der Waals surface area (Å²) in [6.07, 6.45) is 0. The number of likely N-dealkylation sites (N-methyl/N-ethyl adjacent to an activating group) is 2. The van der Waals surface area contributed by atoms with Gasteiger partial charge in [-0.2, -0.15) is 0 Å². The third kappa shape index (κ3) is 5.40. The van der Waals surface area contributed by atoms with Crippen LogP contribution in [0.25, 0.3) is 0 Å².